The van der Waals surface area contributed by atoms with Gasteiger partial charge in [0.25, 0.3) is 0 Å². The summed E-state index contributed by atoms with van der Waals surface area (Å²) in [6, 6.07) is 0. The molecule has 1 unspecified atom stereocenters. The summed E-state index contributed by atoms with van der Waals surface area (Å²) in [4.78, 5) is 38.1. The van der Waals surface area contributed by atoms with Crippen molar-refractivity contribution in [1.82, 2.24) is 0 Å². The van der Waals surface area contributed by atoms with E-state index in [0.29, 0.717) is 19.3 Å². The van der Waals surface area contributed by atoms with Crippen LogP contribution in [-0.2, 0) is 28.6 Å². The van der Waals surface area contributed by atoms with Gasteiger partial charge in [-0.1, -0.05) is 266 Å². The van der Waals surface area contributed by atoms with Crippen LogP contribution in [0.1, 0.15) is 290 Å². The molecule has 0 aromatic rings. The molecule has 0 aliphatic rings. The van der Waals surface area contributed by atoms with Crippen molar-refractivity contribution in [1.29, 1.82) is 0 Å². The zero-order valence-corrected chi connectivity index (χ0v) is 47.9. The van der Waals surface area contributed by atoms with E-state index < -0.39 is 6.10 Å². The highest BCUT2D eigenvalue weighted by atomic mass is 16.6. The molecule has 418 valence electrons. The van der Waals surface area contributed by atoms with E-state index in [9.17, 15) is 14.4 Å². The van der Waals surface area contributed by atoms with Crippen molar-refractivity contribution >= 4 is 17.9 Å². The van der Waals surface area contributed by atoms with Gasteiger partial charge in [-0.3, -0.25) is 14.4 Å². The van der Waals surface area contributed by atoms with E-state index in [2.05, 4.69) is 118 Å². The maximum absolute atomic E-state index is 12.9. The van der Waals surface area contributed by atoms with Crippen molar-refractivity contribution in [2.24, 2.45) is 0 Å². The molecule has 73 heavy (non-hydrogen) atoms. The van der Waals surface area contributed by atoms with Gasteiger partial charge < -0.3 is 14.2 Å². The number of unbranched alkanes of at least 4 members (excludes halogenated alkanes) is 28. The number of allylic oxidation sites excluding steroid dienone is 16. The van der Waals surface area contributed by atoms with Gasteiger partial charge in [-0.05, 0) is 103 Å². The first-order chi connectivity index (χ1) is 36.0. The molecule has 0 rings (SSSR count). The second-order valence-electron chi connectivity index (χ2n) is 20.2. The first kappa shape index (κ1) is 69.3. The number of hydrogen-bond donors (Lipinski definition) is 0. The van der Waals surface area contributed by atoms with Crippen molar-refractivity contribution in [3.8, 4) is 0 Å². The first-order valence-electron chi connectivity index (χ1n) is 30.7. The Labute approximate surface area is 451 Å². The monoisotopic (exact) mass is 1010 g/mol. The van der Waals surface area contributed by atoms with Crippen LogP contribution in [0.5, 0.6) is 0 Å². The van der Waals surface area contributed by atoms with Crippen LogP contribution >= 0.6 is 0 Å². The summed E-state index contributed by atoms with van der Waals surface area (Å²) in [7, 11) is 0. The first-order valence-corrected chi connectivity index (χ1v) is 30.7. The molecule has 0 heterocycles. The van der Waals surface area contributed by atoms with Crippen LogP contribution in [0.25, 0.3) is 0 Å². The third-order valence-electron chi connectivity index (χ3n) is 13.1. The zero-order chi connectivity index (χ0) is 52.9. The molecule has 0 N–H and O–H groups in total. The molecule has 0 aromatic carbocycles. The molecule has 6 heteroatoms. The predicted molar refractivity (Wildman–Crippen MR) is 316 cm³/mol. The highest BCUT2D eigenvalue weighted by Crippen LogP contribution is 2.15. The maximum atomic E-state index is 12.9. The summed E-state index contributed by atoms with van der Waals surface area (Å²) >= 11 is 0. The summed E-state index contributed by atoms with van der Waals surface area (Å²) in [6.07, 6.45) is 81.3. The van der Waals surface area contributed by atoms with Crippen molar-refractivity contribution < 1.29 is 28.6 Å². The van der Waals surface area contributed by atoms with E-state index in [4.69, 9.17) is 14.2 Å². The fraction of sp³-hybridized carbons (Fsp3) is 0.716. The lowest BCUT2D eigenvalue weighted by Gasteiger charge is -2.18. The molecule has 0 amide bonds. The number of ether oxygens (including phenoxy) is 3. The molecule has 0 aliphatic carbocycles. The molecule has 0 aliphatic heterocycles. The summed E-state index contributed by atoms with van der Waals surface area (Å²) in [6.45, 7) is 6.49. The Morgan fingerprint density at radius 2 is 0.534 bits per heavy atom. The molecule has 0 saturated carbocycles. The Balaban J connectivity index is 4.28. The van der Waals surface area contributed by atoms with E-state index in [-0.39, 0.29) is 31.1 Å². The summed E-state index contributed by atoms with van der Waals surface area (Å²) in [5.74, 6) is -0.905. The van der Waals surface area contributed by atoms with Crippen molar-refractivity contribution in [2.75, 3.05) is 13.2 Å². The molecule has 6 nitrogen and oxygen atoms in total. The highest BCUT2D eigenvalue weighted by Gasteiger charge is 2.19. The average Bonchev–Trinajstić information content (AvgIpc) is 3.39. The van der Waals surface area contributed by atoms with Gasteiger partial charge in [0.1, 0.15) is 13.2 Å². The van der Waals surface area contributed by atoms with Crippen LogP contribution in [0.2, 0.25) is 0 Å². The Morgan fingerprint density at radius 3 is 0.836 bits per heavy atom. The van der Waals surface area contributed by atoms with Crippen molar-refractivity contribution in [2.45, 2.75) is 297 Å². The van der Waals surface area contributed by atoms with Crippen LogP contribution in [0.4, 0.5) is 0 Å². The van der Waals surface area contributed by atoms with Gasteiger partial charge in [0.2, 0.25) is 0 Å². The molecule has 0 spiro atoms. The van der Waals surface area contributed by atoms with Gasteiger partial charge in [-0.25, -0.2) is 0 Å². The van der Waals surface area contributed by atoms with Crippen LogP contribution in [-0.4, -0.2) is 37.2 Å². The van der Waals surface area contributed by atoms with Crippen LogP contribution in [0.15, 0.2) is 97.2 Å². The number of rotatable bonds is 55. The van der Waals surface area contributed by atoms with Crippen LogP contribution < -0.4 is 0 Å². The third-order valence-corrected chi connectivity index (χ3v) is 13.1. The van der Waals surface area contributed by atoms with E-state index in [1.54, 1.807) is 0 Å². The van der Waals surface area contributed by atoms with Crippen molar-refractivity contribution in [3.05, 3.63) is 97.2 Å². The maximum Gasteiger partial charge on any atom is 0.306 e. The average molecular weight is 1020 g/mol. The van der Waals surface area contributed by atoms with E-state index in [0.717, 1.165) is 122 Å². The molecule has 1 atom stereocenters. The summed E-state index contributed by atoms with van der Waals surface area (Å²) in [5, 5.41) is 0. The smallest absolute Gasteiger partial charge is 0.306 e. The third kappa shape index (κ3) is 59.1. The van der Waals surface area contributed by atoms with Gasteiger partial charge in [-0.2, -0.15) is 0 Å². The Kier molecular flexibility index (Phi) is 57.8. The van der Waals surface area contributed by atoms with Gasteiger partial charge in [-0.15, -0.1) is 0 Å². The van der Waals surface area contributed by atoms with E-state index in [1.165, 1.54) is 128 Å². The minimum absolute atomic E-state index is 0.0855. The number of esters is 3. The Bertz CT molecular complexity index is 1440. The van der Waals surface area contributed by atoms with Gasteiger partial charge in [0.15, 0.2) is 6.10 Å². The largest absolute Gasteiger partial charge is 0.462 e. The minimum Gasteiger partial charge on any atom is -0.462 e. The van der Waals surface area contributed by atoms with Crippen molar-refractivity contribution in [3.63, 3.8) is 0 Å². The summed E-state index contributed by atoms with van der Waals surface area (Å²) in [5.41, 5.74) is 0. The predicted octanol–water partition coefficient (Wildman–Crippen LogP) is 20.9. The van der Waals surface area contributed by atoms with Crippen LogP contribution in [0, 0.1) is 0 Å². The lowest BCUT2D eigenvalue weighted by molar-refractivity contribution is -0.167. The normalized spacial score (nSPS) is 12.8. The lowest BCUT2D eigenvalue weighted by atomic mass is 10.1. The highest BCUT2D eigenvalue weighted by molar-refractivity contribution is 5.71. The minimum atomic E-state index is -0.789. The summed E-state index contributed by atoms with van der Waals surface area (Å²) < 4.78 is 16.8. The van der Waals surface area contributed by atoms with E-state index >= 15 is 0 Å². The molecule has 0 radical (unpaired) electrons. The second-order valence-corrected chi connectivity index (χ2v) is 20.2. The Morgan fingerprint density at radius 1 is 0.288 bits per heavy atom. The molecule has 0 bridgehead atoms. The quantitative estimate of drug-likeness (QED) is 0.0261. The fourth-order valence-corrected chi connectivity index (χ4v) is 8.48. The standard InChI is InChI=1S/C67H114O6/c1-4-7-10-13-16-19-21-23-25-27-29-31-32-33-34-36-37-39-41-43-45-48-51-54-57-60-66(69)72-63-64(62-71-65(68)59-56-53-50-47-18-15-12-9-6-3)73-67(70)61-58-55-52-49-46-44-42-40-38-35-30-28-26-24-22-20-17-14-11-8-5-2/h8,11,17,20-21,23-24,26-27,29-30,32-33,35,40,42,64H,4-7,9-10,12-16,18-19,22,25,28,31,34,36-39,41,43-63H2,1-3H3/b11-8-,20-17-,23-21-,26-24-,29-27-,33-32-,35-30-,42-40-. The topological polar surface area (TPSA) is 78.9 Å². The van der Waals surface area contributed by atoms with E-state index in [1.807, 2.05) is 0 Å². The molecular formula is C67H114O6. The van der Waals surface area contributed by atoms with Crippen LogP contribution in [0.3, 0.4) is 0 Å². The zero-order valence-electron chi connectivity index (χ0n) is 47.9. The van der Waals surface area contributed by atoms with Gasteiger partial charge in [0.05, 0.1) is 0 Å². The number of carbonyl (C=O) groups excluding carboxylic acids is 3. The second kappa shape index (κ2) is 60.9. The van der Waals surface area contributed by atoms with Gasteiger partial charge >= 0.3 is 17.9 Å². The Hall–Kier alpha value is -3.67. The molecule has 0 aromatic heterocycles. The van der Waals surface area contributed by atoms with Gasteiger partial charge in [0, 0.05) is 19.3 Å². The number of carbonyl (C=O) groups is 3. The lowest BCUT2D eigenvalue weighted by Crippen LogP contribution is -2.30. The fourth-order valence-electron chi connectivity index (χ4n) is 8.48. The SMILES string of the molecule is CC/C=C\C/C=C\C/C=C\C/C=C\C/C=C\CCCCCCCC(=O)OC(COC(=O)CCCCCCCCCCC)COC(=O)CCCCCCCCCCCC/C=C\C/C=C\C/C=C\CCCCCCC. The molecular weight excluding hydrogens is 901 g/mol. The molecule has 0 saturated heterocycles. The molecule has 0 fully saturated rings. The number of hydrogen-bond acceptors (Lipinski definition) is 6.